The molecule has 8 aromatic heterocycles. The van der Waals surface area contributed by atoms with Crippen LogP contribution < -0.4 is 56.8 Å². The molecule has 6 aliphatic heterocycles. The molecule has 144 heavy (non-hydrogen) atoms. The fraction of sp³-hybridized carbons (Fsp3) is 0.658. The number of aliphatic hydroxyl groups is 1. The average Bonchev–Trinajstić information content (AvgIpc) is 1.61. The highest BCUT2D eigenvalue weighted by molar-refractivity contribution is 8.44. The number of hydrogen-bond acceptors (Lipinski definition) is 50. The van der Waals surface area contributed by atoms with Crippen molar-refractivity contribution in [2.24, 2.45) is 0 Å². The number of H-pyrrole nitrogens is 2. The van der Waals surface area contributed by atoms with Gasteiger partial charge in [0.1, 0.15) is 133 Å². The number of methoxy groups -OCH3 is 5. The van der Waals surface area contributed by atoms with E-state index in [1.807, 2.05) is 0 Å². The molecule has 60 nitrogen and oxygen atoms in total. The van der Waals surface area contributed by atoms with E-state index in [0.717, 1.165) is 37.1 Å². The number of phosphoric ester groups is 2. The molecule has 14 rings (SSSR count). The van der Waals surface area contributed by atoms with E-state index in [2.05, 4.69) is 62.1 Å². The summed E-state index contributed by atoms with van der Waals surface area (Å²) in [5.41, 5.74) is 20.2. The highest BCUT2D eigenvalue weighted by Crippen LogP contribution is 2.60. The summed E-state index contributed by atoms with van der Waals surface area (Å²) in [5.74, 6) is -0.490. The predicted molar refractivity (Wildman–Crippen MR) is 503 cm³/mol. The summed E-state index contributed by atoms with van der Waals surface area (Å²) in [6, 6.07) is 0. The number of aryl methyl sites for hydroxylation is 4. The Bertz CT molecular complexity index is 6440. The Morgan fingerprint density at radius 1 is 0.410 bits per heavy atom. The zero-order valence-electron chi connectivity index (χ0n) is 78.5. The third-order valence-corrected chi connectivity index (χ3v) is 30.2. The second-order valence-corrected chi connectivity index (χ2v) is 44.4. The van der Waals surface area contributed by atoms with Gasteiger partial charge in [-0.2, -0.15) is 9.97 Å². The molecule has 10 unspecified atom stereocenters. The number of aromatic nitrogens is 16. The Hall–Kier alpha value is -7.48. The van der Waals surface area contributed by atoms with Crippen LogP contribution in [0.1, 0.15) is 79.4 Å². The van der Waals surface area contributed by atoms with Crippen LogP contribution in [0.4, 0.5) is 23.3 Å². The molecule has 6 saturated heterocycles. The fourth-order valence-electron chi connectivity index (χ4n) is 16.4. The van der Waals surface area contributed by atoms with Gasteiger partial charge in [0.15, 0.2) is 54.1 Å². The van der Waals surface area contributed by atoms with Crippen molar-refractivity contribution in [3.05, 3.63) is 135 Å². The van der Waals surface area contributed by atoms with Gasteiger partial charge in [-0.05, 0) is 57.7 Å². The summed E-state index contributed by atoms with van der Waals surface area (Å²) >= 11 is 15.7. The number of nitrogens with zero attached hydrogens (tertiary/aromatic N) is 14. The summed E-state index contributed by atoms with van der Waals surface area (Å²) in [7, 11) is -4.99. The summed E-state index contributed by atoms with van der Waals surface area (Å²) in [6.07, 6.45) is -27.0. The average molecular weight is 2200 g/mol. The van der Waals surface area contributed by atoms with Crippen LogP contribution in [-0.4, -0.2) is 340 Å². The number of nitrogens with two attached hydrogens (primary N) is 4. The van der Waals surface area contributed by atoms with Gasteiger partial charge in [-0.1, -0.05) is 19.2 Å². The van der Waals surface area contributed by atoms with Crippen LogP contribution in [-0.2, 0) is 158 Å². The van der Waals surface area contributed by atoms with E-state index < -0.39 is 244 Å². The van der Waals surface area contributed by atoms with Gasteiger partial charge in [-0.3, -0.25) is 78.6 Å². The van der Waals surface area contributed by atoms with Crippen molar-refractivity contribution in [3.63, 3.8) is 0 Å². The molecule has 0 spiro atoms. The van der Waals surface area contributed by atoms with Gasteiger partial charge in [-0.15, -0.1) is 0 Å². The zero-order valence-corrected chi connectivity index (χ0v) is 85.5. The molecule has 0 bridgehead atoms. The Balaban J connectivity index is 0.758. The Morgan fingerprint density at radius 2 is 0.757 bits per heavy atom. The molecular weight excluding hydrogens is 2080 g/mol. The predicted octanol–water partition coefficient (Wildman–Crippen LogP) is -0.772. The highest BCUT2D eigenvalue weighted by atomic mass is 32.7. The van der Waals surface area contributed by atoms with Gasteiger partial charge in [-0.25, -0.2) is 62.8 Å². The van der Waals surface area contributed by atoms with Crippen molar-refractivity contribution < 1.29 is 159 Å². The monoisotopic (exact) mass is 2190 g/mol. The number of thiol groups is 1. The molecule has 14 heterocycles. The number of nitrogen functional groups attached to an aromatic ring is 4. The Kier molecular flexibility index (Phi) is 37.9. The third kappa shape index (κ3) is 26.6. The first-order chi connectivity index (χ1) is 68.5. The molecule has 0 radical (unpaired) electrons. The van der Waals surface area contributed by atoms with E-state index in [1.165, 1.54) is 96.7 Å². The molecule has 6 fully saturated rings. The molecule has 0 aliphatic carbocycles. The van der Waals surface area contributed by atoms with Crippen molar-refractivity contribution in [2.75, 3.05) is 158 Å². The maximum Gasteiger partial charge on any atom is 0.472 e. The van der Waals surface area contributed by atoms with Crippen molar-refractivity contribution in [1.82, 2.24) is 77.2 Å². The van der Waals surface area contributed by atoms with Crippen molar-refractivity contribution in [2.45, 2.75) is 189 Å². The smallest absolute Gasteiger partial charge is 0.387 e. The van der Waals surface area contributed by atoms with Crippen molar-refractivity contribution >= 4 is 117 Å². The fourth-order valence-corrected chi connectivity index (χ4v) is 22.7. The van der Waals surface area contributed by atoms with Gasteiger partial charge in [0.25, 0.3) is 11.1 Å². The van der Waals surface area contributed by atoms with Crippen LogP contribution in [0.2, 0.25) is 0 Å². The number of rotatable bonds is 52. The standard InChI is InChI=1S/C76H111N20O40P5S3/c1-11-40-41(22-47(126-40)91-25-38(4)66(98)89-75(91)102)132-139(108,142)124-30-45-52(56(117-18-13-112-7)69(129-45)94-26-39(5)67(99)90-76(94)103)134-137(104,105)121-28-43-51(57(118-19-14-113-8)71(130-43)95-34-85-48-62(79)81-32-83-64(48)95)133-138(106,107)122-29-44-53(58(119-20-15-114-9)70(128-44)93-24-37(3)61(78)88-74(93)101)135-141(110,144)125-31-46-54(59(120-21-16-115-10)72(131-46)96-35-86-49-63(80)82-33-84-65(49)96)136-140(109,143)123-27-42-50(97)55(116-17-12-111-6)68(127-42)92-23-36(2)60(77)87-73(92)100/h23-26,32-35,40-47,50-59,68-72,97H,11-22,27-31H2,1-10H3,(H,104,105)(H,106,107)(H,108,142)(H,109,143)(H,110,144)(H2,77,87,100)(H2,78,88,101)(H2,79,81,83)(H2,80,82,84)(H,89,98,102)(H,90,99,103)/t40-,41-,42-,43-,44-,45-,46-,47-,50+,51+,52+,53+,54+,55?,56?,57?,58?,59?,68-,69-,70-,71-,72-,139?,140?,141?/m1/s1. The number of imidazole rings is 2. The summed E-state index contributed by atoms with van der Waals surface area (Å²) in [4.78, 5) is 166. The number of fused-ring (bicyclic) bond motifs is 2. The number of aliphatic hydroxyl groups excluding tert-OH is 1. The van der Waals surface area contributed by atoms with E-state index in [9.17, 15) is 53.4 Å². The third-order valence-electron chi connectivity index (χ3n) is 23.4. The van der Waals surface area contributed by atoms with Crippen LogP contribution in [0.3, 0.4) is 0 Å². The SMILES string of the molecule is CC[C@H]1O[C@@H](n2cc(C)c(=O)[nH]c2=O)C[C@H]1OP(O)(=S)OC[C@H]1O[C@@H](n2cc(C)c(=O)[nH]c2=O)C(OCCOC)[C@H]1OP(=O)(O)OC[C@H]1O[C@@H](n2cnc3c(N)ncnc32)C(OCCOC)[C@H]1OP(=O)(O)OC[C@H]1O[C@@H](n2cc(C)c(N)nc2=O)C(OCCOC)[C@H]1OP(=O)(S)OC[C@H]1O[C@@H](n2cnc3c(N)ncnc32)C(OCCOC)[C@H]1OP(O)(=S)OC[C@H]1O[C@@H](n2cc(C)c(N)nc2=O)C(OCCOC)[C@H]1O. The van der Waals surface area contributed by atoms with Gasteiger partial charge < -0.3 is 137 Å². The van der Waals surface area contributed by atoms with Gasteiger partial charge in [0.2, 0.25) is 0 Å². The lowest BCUT2D eigenvalue weighted by molar-refractivity contribution is -0.0838. The van der Waals surface area contributed by atoms with Crippen LogP contribution in [0.5, 0.6) is 0 Å². The lowest BCUT2D eigenvalue weighted by Gasteiger charge is -2.30. The summed E-state index contributed by atoms with van der Waals surface area (Å²) < 4.78 is 210. The maximum absolute atomic E-state index is 15.7. The largest absolute Gasteiger partial charge is 0.472 e. The molecule has 8 aromatic rings. The molecule has 68 heteroatoms. The Morgan fingerprint density at radius 3 is 1.19 bits per heavy atom. The van der Waals surface area contributed by atoms with Gasteiger partial charge >= 0.3 is 58.6 Å². The number of nitrogens with one attached hydrogen (secondary N) is 2. The normalized spacial score (nSPS) is 29.3. The highest BCUT2D eigenvalue weighted by Gasteiger charge is 2.59. The van der Waals surface area contributed by atoms with Crippen LogP contribution >= 0.6 is 48.1 Å². The van der Waals surface area contributed by atoms with Gasteiger partial charge in [0.05, 0.1) is 124 Å². The van der Waals surface area contributed by atoms with E-state index in [1.54, 1.807) is 13.8 Å². The Labute approximate surface area is 831 Å². The molecule has 0 aromatic carbocycles. The number of anilines is 4. The first-order valence-corrected chi connectivity index (χ1v) is 55.0. The topological polar surface area (TPSA) is 763 Å². The zero-order chi connectivity index (χ0) is 104. The van der Waals surface area contributed by atoms with Crippen LogP contribution in [0.15, 0.2) is 78.9 Å². The molecule has 6 aliphatic rings. The number of phosphoric acid groups is 2. The lowest BCUT2D eigenvalue weighted by atomic mass is 10.1. The van der Waals surface area contributed by atoms with E-state index in [4.69, 9.17) is 168 Å². The number of hydrogen-bond donors (Lipinski definition) is 12. The number of ether oxygens (including phenoxy) is 16. The summed E-state index contributed by atoms with van der Waals surface area (Å²) in [6.45, 7) is -13.9. The van der Waals surface area contributed by atoms with Crippen LogP contribution in [0, 0.1) is 27.7 Å². The minimum absolute atomic E-state index is 0.0000204. The van der Waals surface area contributed by atoms with Crippen molar-refractivity contribution in [1.29, 1.82) is 0 Å². The molecule has 28 atom stereocenters. The minimum Gasteiger partial charge on any atom is -0.387 e. The van der Waals surface area contributed by atoms with Crippen molar-refractivity contribution in [3.8, 4) is 0 Å². The number of aromatic amines is 2. The van der Waals surface area contributed by atoms with E-state index in [0.29, 0.717) is 5.56 Å². The van der Waals surface area contributed by atoms with Crippen LogP contribution in [0.25, 0.3) is 22.3 Å². The molecule has 15 N–H and O–H groups in total. The second-order valence-electron chi connectivity index (χ2n) is 33.1. The lowest BCUT2D eigenvalue weighted by Crippen LogP contribution is -2.41. The molecule has 0 amide bonds. The first kappa shape index (κ1) is 112. The van der Waals surface area contributed by atoms with E-state index >= 15 is 13.7 Å². The quantitative estimate of drug-likeness (QED) is 0.0126. The van der Waals surface area contributed by atoms with E-state index in [-0.39, 0.29) is 141 Å². The maximum atomic E-state index is 15.7. The minimum atomic E-state index is -5.91. The molecule has 0 saturated carbocycles. The molecule has 798 valence electrons. The summed E-state index contributed by atoms with van der Waals surface area (Å²) in [5, 5.41) is 11.8. The second kappa shape index (κ2) is 48.6. The van der Waals surface area contributed by atoms with Gasteiger partial charge in [0, 0.05) is 89.0 Å². The molecular formula is C76H111N20O40P5S3. The first-order valence-electron chi connectivity index (χ1n) is 44.1.